The Balaban J connectivity index is 1.15. The molecule has 0 saturated carbocycles. The summed E-state index contributed by atoms with van der Waals surface area (Å²) in [5.41, 5.74) is 2.95. The molecule has 1 fully saturated rings. The molecule has 9 heteroatoms. The number of benzene rings is 2. The highest BCUT2D eigenvalue weighted by molar-refractivity contribution is 5.93. The van der Waals surface area contributed by atoms with Crippen LogP contribution in [0.3, 0.4) is 0 Å². The van der Waals surface area contributed by atoms with Gasteiger partial charge in [0.1, 0.15) is 17.7 Å². The predicted octanol–water partition coefficient (Wildman–Crippen LogP) is 3.47. The number of nitrogens with zero attached hydrogens (tertiary/aromatic N) is 3. The van der Waals surface area contributed by atoms with Gasteiger partial charge in [0.05, 0.1) is 32.3 Å². The molecule has 3 aromatic rings. The van der Waals surface area contributed by atoms with Crippen LogP contribution in [0, 0.1) is 11.7 Å². The molecule has 2 aliphatic heterocycles. The van der Waals surface area contributed by atoms with E-state index >= 15 is 0 Å². The third-order valence-corrected chi connectivity index (χ3v) is 6.93. The number of hydrogen-bond donors (Lipinski definition) is 1. The summed E-state index contributed by atoms with van der Waals surface area (Å²) < 4.78 is 26.6. The van der Waals surface area contributed by atoms with Gasteiger partial charge in [-0.25, -0.2) is 9.37 Å². The second-order valence-electron chi connectivity index (χ2n) is 9.18. The number of piperidine rings is 1. The lowest BCUT2D eigenvalue weighted by Crippen LogP contribution is -2.43. The van der Waals surface area contributed by atoms with Gasteiger partial charge in [-0.15, -0.1) is 0 Å². The average molecular weight is 493 g/mol. The van der Waals surface area contributed by atoms with Crippen molar-refractivity contribution in [1.29, 1.82) is 0 Å². The number of likely N-dealkylation sites (tertiary alicyclic amines) is 1. The normalized spacial score (nSPS) is 17.9. The van der Waals surface area contributed by atoms with Crippen LogP contribution >= 0.6 is 0 Å². The number of imidazole rings is 1. The topological polar surface area (TPSA) is 85.7 Å². The van der Waals surface area contributed by atoms with Crippen molar-refractivity contribution in [3.8, 4) is 5.75 Å². The number of halogens is 1. The minimum atomic E-state index is -0.323. The average Bonchev–Trinajstić information content (AvgIpc) is 3.35. The van der Waals surface area contributed by atoms with Crippen molar-refractivity contribution >= 4 is 11.8 Å². The number of nitrogens with one attached hydrogen (secondary N) is 1. The van der Waals surface area contributed by atoms with E-state index in [0.29, 0.717) is 44.8 Å². The summed E-state index contributed by atoms with van der Waals surface area (Å²) in [5, 5.41) is 2.88. The minimum absolute atomic E-state index is 0.0660. The van der Waals surface area contributed by atoms with Crippen molar-refractivity contribution in [2.75, 3.05) is 20.2 Å². The molecule has 2 amide bonds. The molecule has 36 heavy (non-hydrogen) atoms. The summed E-state index contributed by atoms with van der Waals surface area (Å²) in [6.07, 6.45) is 2.73. The van der Waals surface area contributed by atoms with Gasteiger partial charge < -0.3 is 24.3 Å². The first-order valence-corrected chi connectivity index (χ1v) is 12.1. The Bertz CT molecular complexity index is 1230. The fourth-order valence-electron chi connectivity index (χ4n) is 4.80. The van der Waals surface area contributed by atoms with Crippen LogP contribution in [0.5, 0.6) is 5.75 Å². The molecule has 1 aromatic heterocycles. The molecule has 1 saturated heterocycles. The highest BCUT2D eigenvalue weighted by Crippen LogP contribution is 2.30. The van der Waals surface area contributed by atoms with E-state index in [9.17, 15) is 14.0 Å². The molecule has 0 bridgehead atoms. The summed E-state index contributed by atoms with van der Waals surface area (Å²) in [5.74, 6) is 0.0972. The molecule has 5 rings (SSSR count). The predicted molar refractivity (Wildman–Crippen MR) is 130 cm³/mol. The summed E-state index contributed by atoms with van der Waals surface area (Å²) in [7, 11) is 1.63. The Morgan fingerprint density at radius 2 is 1.94 bits per heavy atom. The van der Waals surface area contributed by atoms with E-state index in [1.54, 1.807) is 30.5 Å². The standard InChI is InChI=1S/C27H29FN4O4/c1-35-22-7-5-19(6-8-22)24-15-32-17-30-25(23(32)16-36-24)27(34)31-11-9-20(10-12-31)26(33)29-14-18-3-2-4-21(28)13-18/h2-8,13,17,20,24H,9-12,14-16H2,1H3,(H,29,33). The van der Waals surface area contributed by atoms with Crippen LogP contribution in [-0.2, 0) is 29.2 Å². The fourth-order valence-corrected chi connectivity index (χ4v) is 4.80. The second-order valence-corrected chi connectivity index (χ2v) is 9.18. The molecule has 0 aliphatic carbocycles. The van der Waals surface area contributed by atoms with Gasteiger partial charge in [0.15, 0.2) is 5.69 Å². The van der Waals surface area contributed by atoms with Gasteiger partial charge in [-0.05, 0) is 48.2 Å². The monoisotopic (exact) mass is 492 g/mol. The van der Waals surface area contributed by atoms with Crippen LogP contribution in [0.25, 0.3) is 0 Å². The number of fused-ring (bicyclic) bond motifs is 1. The van der Waals surface area contributed by atoms with Crippen LogP contribution in [0.2, 0.25) is 0 Å². The minimum Gasteiger partial charge on any atom is -0.497 e. The van der Waals surface area contributed by atoms with Gasteiger partial charge in [-0.1, -0.05) is 24.3 Å². The lowest BCUT2D eigenvalue weighted by Gasteiger charge is -2.31. The van der Waals surface area contributed by atoms with Gasteiger partial charge in [0.2, 0.25) is 5.91 Å². The molecule has 1 atom stereocenters. The number of aromatic nitrogens is 2. The first-order valence-electron chi connectivity index (χ1n) is 12.1. The SMILES string of the molecule is COc1ccc(C2Cn3cnc(C(=O)N4CCC(C(=O)NCc5cccc(F)c5)CC4)c3CO2)cc1. The number of carbonyl (C=O) groups is 2. The zero-order chi connectivity index (χ0) is 25.1. The second kappa shape index (κ2) is 10.5. The summed E-state index contributed by atoms with van der Waals surface area (Å²) in [4.78, 5) is 32.0. The van der Waals surface area contributed by atoms with E-state index in [4.69, 9.17) is 9.47 Å². The highest BCUT2D eigenvalue weighted by atomic mass is 19.1. The number of carbonyl (C=O) groups excluding carboxylic acids is 2. The first-order chi connectivity index (χ1) is 17.5. The molecule has 2 aliphatic rings. The molecule has 1 unspecified atom stereocenters. The zero-order valence-corrected chi connectivity index (χ0v) is 20.2. The molecule has 0 radical (unpaired) electrons. The van der Waals surface area contributed by atoms with Crippen molar-refractivity contribution in [3.63, 3.8) is 0 Å². The molecule has 2 aromatic carbocycles. The Kier molecular flexibility index (Phi) is 6.99. The van der Waals surface area contributed by atoms with Crippen LogP contribution in [0.4, 0.5) is 4.39 Å². The van der Waals surface area contributed by atoms with Crippen LogP contribution < -0.4 is 10.1 Å². The third kappa shape index (κ3) is 5.11. The summed E-state index contributed by atoms with van der Waals surface area (Å²) >= 11 is 0. The molecule has 8 nitrogen and oxygen atoms in total. The first kappa shape index (κ1) is 24.0. The molecule has 188 valence electrons. The van der Waals surface area contributed by atoms with E-state index in [1.807, 2.05) is 28.8 Å². The quantitative estimate of drug-likeness (QED) is 0.570. The third-order valence-electron chi connectivity index (χ3n) is 6.93. The van der Waals surface area contributed by atoms with E-state index < -0.39 is 0 Å². The lowest BCUT2D eigenvalue weighted by molar-refractivity contribution is -0.126. The van der Waals surface area contributed by atoms with E-state index in [1.165, 1.54) is 12.1 Å². The number of hydrogen-bond acceptors (Lipinski definition) is 5. The van der Waals surface area contributed by atoms with Crippen molar-refractivity contribution < 1.29 is 23.5 Å². The maximum absolute atomic E-state index is 13.3. The fraction of sp³-hybridized carbons (Fsp3) is 0.370. The Morgan fingerprint density at radius 3 is 2.67 bits per heavy atom. The molecular formula is C27H29FN4O4. The lowest BCUT2D eigenvalue weighted by atomic mass is 9.95. The molecule has 3 heterocycles. The van der Waals surface area contributed by atoms with Gasteiger partial charge in [-0.2, -0.15) is 0 Å². The number of amides is 2. The number of rotatable bonds is 6. The largest absolute Gasteiger partial charge is 0.497 e. The van der Waals surface area contributed by atoms with E-state index in [-0.39, 0.29) is 36.2 Å². The van der Waals surface area contributed by atoms with Crippen molar-refractivity contribution in [1.82, 2.24) is 19.8 Å². The Morgan fingerprint density at radius 1 is 1.17 bits per heavy atom. The Labute approximate surface area is 209 Å². The van der Waals surface area contributed by atoms with Crippen LogP contribution in [-0.4, -0.2) is 46.5 Å². The van der Waals surface area contributed by atoms with E-state index in [2.05, 4.69) is 10.3 Å². The molecule has 1 N–H and O–H groups in total. The maximum Gasteiger partial charge on any atom is 0.274 e. The van der Waals surface area contributed by atoms with Gasteiger partial charge >= 0.3 is 0 Å². The van der Waals surface area contributed by atoms with E-state index in [0.717, 1.165) is 22.6 Å². The van der Waals surface area contributed by atoms with Crippen molar-refractivity contribution in [2.45, 2.75) is 38.6 Å². The number of methoxy groups -OCH3 is 1. The van der Waals surface area contributed by atoms with Crippen LogP contribution in [0.1, 0.15) is 46.3 Å². The molecular weight excluding hydrogens is 463 g/mol. The van der Waals surface area contributed by atoms with Gasteiger partial charge in [0, 0.05) is 25.6 Å². The molecule has 0 spiro atoms. The van der Waals surface area contributed by atoms with Gasteiger partial charge in [-0.3, -0.25) is 9.59 Å². The van der Waals surface area contributed by atoms with Crippen molar-refractivity contribution in [2.24, 2.45) is 5.92 Å². The number of ether oxygens (including phenoxy) is 2. The summed E-state index contributed by atoms with van der Waals surface area (Å²) in [6.45, 7) is 2.14. The maximum atomic E-state index is 13.3. The zero-order valence-electron chi connectivity index (χ0n) is 20.2. The smallest absolute Gasteiger partial charge is 0.274 e. The highest BCUT2D eigenvalue weighted by Gasteiger charge is 2.32. The summed E-state index contributed by atoms with van der Waals surface area (Å²) in [6, 6.07) is 14.0. The van der Waals surface area contributed by atoms with Crippen molar-refractivity contribution in [3.05, 3.63) is 83.2 Å². The Hall–Kier alpha value is -3.72. The van der Waals surface area contributed by atoms with Gasteiger partial charge in [0.25, 0.3) is 5.91 Å². The van der Waals surface area contributed by atoms with Crippen LogP contribution in [0.15, 0.2) is 54.9 Å².